The Kier molecular flexibility index (Phi) is 4.38. The molecule has 5 nitrogen and oxygen atoms in total. The van der Waals surface area contributed by atoms with Crippen LogP contribution in [0.5, 0.6) is 5.75 Å². The Labute approximate surface area is 159 Å². The number of carbonyl (C=O) groups is 2. The van der Waals surface area contributed by atoms with Crippen molar-refractivity contribution >= 4 is 17.5 Å². The maximum Gasteiger partial charge on any atom is 0.254 e. The highest BCUT2D eigenvalue weighted by Crippen LogP contribution is 2.42. The Hall–Kier alpha value is -2.82. The number of carbonyl (C=O) groups excluding carboxylic acids is 2. The second-order valence-corrected chi connectivity index (χ2v) is 7.65. The van der Waals surface area contributed by atoms with E-state index in [4.69, 9.17) is 4.74 Å². The summed E-state index contributed by atoms with van der Waals surface area (Å²) in [6.07, 6.45) is 1.36. The zero-order valence-electron chi connectivity index (χ0n) is 15.8. The first-order chi connectivity index (χ1) is 13.0. The minimum absolute atomic E-state index is 0.00701. The van der Waals surface area contributed by atoms with E-state index in [-0.39, 0.29) is 17.2 Å². The van der Waals surface area contributed by atoms with E-state index >= 15 is 0 Å². The van der Waals surface area contributed by atoms with Crippen molar-refractivity contribution in [1.82, 2.24) is 4.90 Å². The number of nitrogens with zero attached hydrogens (tertiary/aromatic N) is 2. The molecule has 5 heteroatoms. The maximum atomic E-state index is 12.9. The van der Waals surface area contributed by atoms with Gasteiger partial charge in [-0.2, -0.15) is 0 Å². The molecule has 1 unspecified atom stereocenters. The van der Waals surface area contributed by atoms with Crippen LogP contribution in [0.25, 0.3) is 0 Å². The van der Waals surface area contributed by atoms with Crippen LogP contribution in [0.15, 0.2) is 48.5 Å². The highest BCUT2D eigenvalue weighted by atomic mass is 16.5. The normalized spacial score (nSPS) is 21.9. The van der Waals surface area contributed by atoms with Crippen LogP contribution in [-0.4, -0.2) is 43.5 Å². The van der Waals surface area contributed by atoms with Gasteiger partial charge in [-0.1, -0.05) is 24.3 Å². The van der Waals surface area contributed by atoms with Gasteiger partial charge in [0.2, 0.25) is 5.91 Å². The molecule has 2 amide bonds. The van der Waals surface area contributed by atoms with Crippen LogP contribution in [0.1, 0.15) is 28.8 Å². The van der Waals surface area contributed by atoms with Crippen LogP contribution in [0.4, 0.5) is 5.69 Å². The molecule has 2 saturated heterocycles. The number of benzene rings is 2. The molecule has 2 aliphatic heterocycles. The predicted octanol–water partition coefficient (Wildman–Crippen LogP) is 3.27. The van der Waals surface area contributed by atoms with Gasteiger partial charge in [-0.15, -0.1) is 0 Å². The number of hydrogen-bond acceptors (Lipinski definition) is 3. The number of ether oxygens (including phenoxy) is 1. The van der Waals surface area contributed by atoms with Crippen LogP contribution in [-0.2, 0) is 4.79 Å². The Morgan fingerprint density at radius 3 is 2.70 bits per heavy atom. The van der Waals surface area contributed by atoms with Gasteiger partial charge in [0, 0.05) is 42.7 Å². The molecular weight excluding hydrogens is 340 g/mol. The molecule has 140 valence electrons. The highest BCUT2D eigenvalue weighted by Gasteiger charge is 2.49. The predicted molar refractivity (Wildman–Crippen MR) is 104 cm³/mol. The van der Waals surface area contributed by atoms with Crippen molar-refractivity contribution in [2.45, 2.75) is 19.8 Å². The zero-order valence-corrected chi connectivity index (χ0v) is 15.8. The molecule has 1 atom stereocenters. The van der Waals surface area contributed by atoms with Crippen molar-refractivity contribution in [3.05, 3.63) is 59.7 Å². The molecular formula is C22H24N2O3. The van der Waals surface area contributed by atoms with Crippen LogP contribution >= 0.6 is 0 Å². The summed E-state index contributed by atoms with van der Waals surface area (Å²) in [6, 6.07) is 15.2. The molecule has 0 aromatic heterocycles. The number of methoxy groups -OCH3 is 1. The summed E-state index contributed by atoms with van der Waals surface area (Å²) in [5.74, 6) is 0.837. The third kappa shape index (κ3) is 3.18. The molecule has 2 aliphatic rings. The van der Waals surface area contributed by atoms with E-state index in [0.29, 0.717) is 37.4 Å². The van der Waals surface area contributed by atoms with Gasteiger partial charge in [-0.25, -0.2) is 0 Å². The van der Waals surface area contributed by atoms with Crippen molar-refractivity contribution in [3.63, 3.8) is 0 Å². The third-order valence-electron chi connectivity index (χ3n) is 5.77. The van der Waals surface area contributed by atoms with E-state index in [0.717, 1.165) is 17.7 Å². The molecule has 0 radical (unpaired) electrons. The van der Waals surface area contributed by atoms with Crippen molar-refractivity contribution in [2.24, 2.45) is 5.41 Å². The first-order valence-electron chi connectivity index (χ1n) is 9.31. The van der Waals surface area contributed by atoms with Gasteiger partial charge in [0.25, 0.3) is 5.91 Å². The minimum atomic E-state index is -0.145. The first-order valence-corrected chi connectivity index (χ1v) is 9.31. The van der Waals surface area contributed by atoms with E-state index in [1.54, 1.807) is 13.2 Å². The lowest BCUT2D eigenvalue weighted by Crippen LogP contribution is -2.34. The Morgan fingerprint density at radius 2 is 1.93 bits per heavy atom. The van der Waals surface area contributed by atoms with Gasteiger partial charge in [0.05, 0.1) is 7.11 Å². The van der Waals surface area contributed by atoms with Gasteiger partial charge in [-0.05, 0) is 43.2 Å². The number of likely N-dealkylation sites (tertiary alicyclic amines) is 1. The van der Waals surface area contributed by atoms with E-state index in [2.05, 4.69) is 0 Å². The summed E-state index contributed by atoms with van der Waals surface area (Å²) in [5.41, 5.74) is 2.57. The fourth-order valence-electron chi connectivity index (χ4n) is 4.30. The summed E-state index contributed by atoms with van der Waals surface area (Å²) < 4.78 is 5.23. The number of anilines is 1. The molecule has 2 fully saturated rings. The smallest absolute Gasteiger partial charge is 0.254 e. The molecule has 0 bridgehead atoms. The molecule has 2 aromatic rings. The molecule has 0 saturated carbocycles. The van der Waals surface area contributed by atoms with Gasteiger partial charge in [0.1, 0.15) is 5.75 Å². The van der Waals surface area contributed by atoms with Gasteiger partial charge >= 0.3 is 0 Å². The largest absolute Gasteiger partial charge is 0.497 e. The number of para-hydroxylation sites is 1. The van der Waals surface area contributed by atoms with Crippen LogP contribution in [0.3, 0.4) is 0 Å². The second kappa shape index (κ2) is 6.72. The number of amides is 2. The molecule has 0 aliphatic carbocycles. The maximum absolute atomic E-state index is 12.9. The summed E-state index contributed by atoms with van der Waals surface area (Å²) in [5, 5.41) is 0. The number of aryl methyl sites for hydroxylation is 1. The number of rotatable bonds is 3. The van der Waals surface area contributed by atoms with E-state index < -0.39 is 0 Å². The van der Waals surface area contributed by atoms with Crippen LogP contribution in [0.2, 0.25) is 0 Å². The summed E-state index contributed by atoms with van der Waals surface area (Å²) in [4.78, 5) is 29.4. The van der Waals surface area contributed by atoms with Crippen molar-refractivity contribution in [1.29, 1.82) is 0 Å². The quantitative estimate of drug-likeness (QED) is 0.840. The van der Waals surface area contributed by atoms with Crippen LogP contribution in [0, 0.1) is 12.3 Å². The topological polar surface area (TPSA) is 49.9 Å². The van der Waals surface area contributed by atoms with Crippen molar-refractivity contribution in [3.8, 4) is 5.75 Å². The lowest BCUT2D eigenvalue weighted by molar-refractivity contribution is -0.117. The van der Waals surface area contributed by atoms with Crippen molar-refractivity contribution in [2.75, 3.05) is 31.6 Å². The summed E-state index contributed by atoms with van der Waals surface area (Å²) in [7, 11) is 1.60. The fourth-order valence-corrected chi connectivity index (χ4v) is 4.30. The van der Waals surface area contributed by atoms with E-state index in [9.17, 15) is 9.59 Å². The molecule has 1 spiro atoms. The lowest BCUT2D eigenvalue weighted by atomic mass is 9.86. The zero-order chi connectivity index (χ0) is 19.0. The molecule has 4 rings (SSSR count). The van der Waals surface area contributed by atoms with Crippen LogP contribution < -0.4 is 9.64 Å². The van der Waals surface area contributed by atoms with E-state index in [1.807, 2.05) is 59.2 Å². The highest BCUT2D eigenvalue weighted by molar-refractivity contribution is 5.98. The van der Waals surface area contributed by atoms with E-state index in [1.165, 1.54) is 0 Å². The first kappa shape index (κ1) is 17.6. The molecule has 27 heavy (non-hydrogen) atoms. The van der Waals surface area contributed by atoms with Gasteiger partial charge in [0.15, 0.2) is 0 Å². The van der Waals surface area contributed by atoms with Crippen molar-refractivity contribution < 1.29 is 14.3 Å². The Morgan fingerprint density at radius 1 is 1.11 bits per heavy atom. The average Bonchev–Trinajstić information content (AvgIpc) is 3.24. The monoisotopic (exact) mass is 364 g/mol. The standard InChI is InChI=1S/C22H24N2O3/c1-16-6-3-4-9-19(16)24-15-22(13-20(24)25)10-11-23(14-22)21(26)17-7-5-8-18(12-17)27-2/h3-9,12H,10-11,13-15H2,1-2H3. The van der Waals surface area contributed by atoms with Gasteiger partial charge < -0.3 is 14.5 Å². The minimum Gasteiger partial charge on any atom is -0.497 e. The Bertz CT molecular complexity index is 895. The number of hydrogen-bond donors (Lipinski definition) is 0. The Balaban J connectivity index is 1.51. The average molecular weight is 364 g/mol. The summed E-state index contributed by atoms with van der Waals surface area (Å²) >= 11 is 0. The molecule has 2 heterocycles. The van der Waals surface area contributed by atoms with Gasteiger partial charge in [-0.3, -0.25) is 9.59 Å². The third-order valence-corrected chi connectivity index (χ3v) is 5.77. The molecule has 0 N–H and O–H groups in total. The fraction of sp³-hybridized carbons (Fsp3) is 0.364. The SMILES string of the molecule is COc1cccc(C(=O)N2CCC3(CC(=O)N(c4ccccc4C)C3)C2)c1. The summed E-state index contributed by atoms with van der Waals surface area (Å²) in [6.45, 7) is 4.02. The lowest BCUT2D eigenvalue weighted by Gasteiger charge is -2.25. The molecule has 2 aromatic carbocycles. The second-order valence-electron chi connectivity index (χ2n) is 7.65.